The largest absolute Gasteiger partial charge is 0.396 e. The molecule has 1 heterocycles. The van der Waals surface area contributed by atoms with E-state index in [9.17, 15) is 10.1 Å². The molecule has 0 aliphatic rings. The summed E-state index contributed by atoms with van der Waals surface area (Å²) in [6, 6.07) is 1.40. The first kappa shape index (κ1) is 15.7. The van der Waals surface area contributed by atoms with E-state index in [2.05, 4.69) is 10.3 Å². The van der Waals surface area contributed by atoms with Gasteiger partial charge in [0.25, 0.3) is 5.69 Å². The first-order chi connectivity index (χ1) is 8.97. The number of nitrogens with zero attached hydrogens (tertiary/aromatic N) is 2. The predicted octanol–water partition coefficient (Wildman–Crippen LogP) is 2.85. The van der Waals surface area contributed by atoms with Crippen molar-refractivity contribution in [3.05, 3.63) is 27.4 Å². The summed E-state index contributed by atoms with van der Waals surface area (Å²) >= 11 is 5.97. The Morgan fingerprint density at radius 1 is 1.63 bits per heavy atom. The molecule has 0 fully saturated rings. The zero-order valence-corrected chi connectivity index (χ0v) is 11.7. The van der Waals surface area contributed by atoms with Gasteiger partial charge in [-0.2, -0.15) is 0 Å². The van der Waals surface area contributed by atoms with E-state index < -0.39 is 4.92 Å². The van der Waals surface area contributed by atoms with Crippen LogP contribution in [0, 0.1) is 16.0 Å². The minimum Gasteiger partial charge on any atom is -0.396 e. The van der Waals surface area contributed by atoms with Crippen molar-refractivity contribution >= 4 is 23.1 Å². The molecule has 0 bridgehead atoms. The third kappa shape index (κ3) is 4.65. The van der Waals surface area contributed by atoms with Crippen LogP contribution in [0.5, 0.6) is 0 Å². The molecule has 0 saturated heterocycles. The Morgan fingerprint density at radius 2 is 2.32 bits per heavy atom. The lowest BCUT2D eigenvalue weighted by Gasteiger charge is -2.20. The second kappa shape index (κ2) is 7.25. The van der Waals surface area contributed by atoms with Crippen LogP contribution in [-0.2, 0) is 0 Å². The van der Waals surface area contributed by atoms with Crippen molar-refractivity contribution in [1.29, 1.82) is 0 Å². The molecule has 0 aromatic carbocycles. The Kier molecular flexibility index (Phi) is 5.98. The van der Waals surface area contributed by atoms with E-state index in [1.165, 1.54) is 12.3 Å². The van der Waals surface area contributed by atoms with E-state index in [4.69, 9.17) is 16.7 Å². The van der Waals surface area contributed by atoms with Crippen molar-refractivity contribution in [3.8, 4) is 0 Å². The second-order valence-corrected chi connectivity index (χ2v) is 4.96. The number of aromatic nitrogens is 1. The third-order valence-corrected chi connectivity index (χ3v) is 3.16. The molecule has 1 aromatic heterocycles. The SMILES string of the molecule is CCC(CC(C)CO)Nc1ncc([N+](=O)[O-])cc1Cl. The number of pyridine rings is 1. The van der Waals surface area contributed by atoms with Gasteiger partial charge in [0.15, 0.2) is 0 Å². The molecule has 6 nitrogen and oxygen atoms in total. The fraction of sp³-hybridized carbons (Fsp3) is 0.583. The molecule has 1 rings (SSSR count). The van der Waals surface area contributed by atoms with Gasteiger partial charge in [-0.3, -0.25) is 10.1 Å². The smallest absolute Gasteiger partial charge is 0.289 e. The molecule has 2 atom stereocenters. The van der Waals surface area contributed by atoms with E-state index >= 15 is 0 Å². The number of aliphatic hydroxyl groups is 1. The van der Waals surface area contributed by atoms with E-state index in [0.717, 1.165) is 12.8 Å². The maximum atomic E-state index is 10.6. The second-order valence-electron chi connectivity index (χ2n) is 4.55. The lowest BCUT2D eigenvalue weighted by Crippen LogP contribution is -2.23. The summed E-state index contributed by atoms with van der Waals surface area (Å²) in [7, 11) is 0. The average molecular weight is 288 g/mol. The molecule has 7 heteroatoms. The first-order valence-corrected chi connectivity index (χ1v) is 6.53. The molecular formula is C12H18ClN3O3. The lowest BCUT2D eigenvalue weighted by molar-refractivity contribution is -0.385. The minimum atomic E-state index is -0.534. The fourth-order valence-corrected chi connectivity index (χ4v) is 1.93. The quantitative estimate of drug-likeness (QED) is 0.594. The van der Waals surface area contributed by atoms with E-state index in [1.807, 2.05) is 13.8 Å². The normalized spacial score (nSPS) is 13.9. The first-order valence-electron chi connectivity index (χ1n) is 6.15. The average Bonchev–Trinajstić information content (AvgIpc) is 2.39. The van der Waals surface area contributed by atoms with Crippen LogP contribution in [-0.4, -0.2) is 27.7 Å². The number of anilines is 1. The minimum absolute atomic E-state index is 0.119. The van der Waals surface area contributed by atoms with Gasteiger partial charge in [-0.05, 0) is 18.8 Å². The highest BCUT2D eigenvalue weighted by atomic mass is 35.5. The summed E-state index contributed by atoms with van der Waals surface area (Å²) in [4.78, 5) is 14.0. The van der Waals surface area contributed by atoms with Crippen LogP contribution >= 0.6 is 11.6 Å². The molecular weight excluding hydrogens is 270 g/mol. The van der Waals surface area contributed by atoms with Gasteiger partial charge in [0.1, 0.15) is 12.0 Å². The van der Waals surface area contributed by atoms with Crippen LogP contribution in [0.2, 0.25) is 5.02 Å². The zero-order chi connectivity index (χ0) is 14.4. The predicted molar refractivity (Wildman–Crippen MR) is 74.5 cm³/mol. The van der Waals surface area contributed by atoms with Crippen molar-refractivity contribution in [3.63, 3.8) is 0 Å². The Labute approximate surface area is 117 Å². The summed E-state index contributed by atoms with van der Waals surface area (Å²) in [5.74, 6) is 0.610. The van der Waals surface area contributed by atoms with E-state index in [0.29, 0.717) is 5.82 Å². The molecule has 2 unspecified atom stereocenters. The van der Waals surface area contributed by atoms with E-state index in [-0.39, 0.29) is 29.3 Å². The highest BCUT2D eigenvalue weighted by Gasteiger charge is 2.15. The molecule has 2 N–H and O–H groups in total. The summed E-state index contributed by atoms with van der Waals surface area (Å²) in [6.07, 6.45) is 2.80. The number of aliphatic hydroxyl groups excluding tert-OH is 1. The number of rotatable bonds is 7. The fourth-order valence-electron chi connectivity index (χ4n) is 1.72. The molecule has 19 heavy (non-hydrogen) atoms. The number of hydrogen-bond acceptors (Lipinski definition) is 5. The molecule has 0 saturated carbocycles. The summed E-state index contributed by atoms with van der Waals surface area (Å²) in [6.45, 7) is 4.09. The molecule has 0 aliphatic carbocycles. The Hall–Kier alpha value is -1.40. The van der Waals surface area contributed by atoms with Gasteiger partial charge < -0.3 is 10.4 Å². The summed E-state index contributed by atoms with van der Waals surface area (Å²) in [5.41, 5.74) is -0.132. The molecule has 0 spiro atoms. The molecule has 1 aromatic rings. The topological polar surface area (TPSA) is 88.3 Å². The van der Waals surface area contributed by atoms with Crippen molar-refractivity contribution in [2.45, 2.75) is 32.7 Å². The molecule has 0 aliphatic heterocycles. The van der Waals surface area contributed by atoms with Crippen molar-refractivity contribution < 1.29 is 10.0 Å². The number of nitrogens with one attached hydrogen (secondary N) is 1. The van der Waals surface area contributed by atoms with Gasteiger partial charge in [0, 0.05) is 18.7 Å². The van der Waals surface area contributed by atoms with Crippen LogP contribution in [0.4, 0.5) is 11.5 Å². The molecule has 0 amide bonds. The van der Waals surface area contributed by atoms with Crippen LogP contribution < -0.4 is 5.32 Å². The van der Waals surface area contributed by atoms with Crippen LogP contribution in [0.25, 0.3) is 0 Å². The van der Waals surface area contributed by atoms with Crippen molar-refractivity contribution in [1.82, 2.24) is 4.98 Å². The van der Waals surface area contributed by atoms with Crippen LogP contribution in [0.15, 0.2) is 12.3 Å². The van der Waals surface area contributed by atoms with Crippen molar-refractivity contribution in [2.24, 2.45) is 5.92 Å². The lowest BCUT2D eigenvalue weighted by atomic mass is 10.0. The van der Waals surface area contributed by atoms with Gasteiger partial charge in [-0.1, -0.05) is 25.4 Å². The van der Waals surface area contributed by atoms with Crippen molar-refractivity contribution in [2.75, 3.05) is 11.9 Å². The Morgan fingerprint density at radius 3 is 2.79 bits per heavy atom. The molecule has 0 radical (unpaired) electrons. The number of halogens is 1. The van der Waals surface area contributed by atoms with E-state index in [1.54, 1.807) is 0 Å². The van der Waals surface area contributed by atoms with Gasteiger partial charge >= 0.3 is 0 Å². The summed E-state index contributed by atoms with van der Waals surface area (Å²) < 4.78 is 0. The third-order valence-electron chi connectivity index (χ3n) is 2.87. The Balaban J connectivity index is 2.77. The van der Waals surface area contributed by atoms with Gasteiger partial charge in [-0.15, -0.1) is 0 Å². The van der Waals surface area contributed by atoms with Gasteiger partial charge in [0.05, 0.1) is 9.95 Å². The van der Waals surface area contributed by atoms with Crippen LogP contribution in [0.1, 0.15) is 26.7 Å². The highest BCUT2D eigenvalue weighted by molar-refractivity contribution is 6.33. The monoisotopic (exact) mass is 287 g/mol. The molecule has 106 valence electrons. The maximum Gasteiger partial charge on any atom is 0.289 e. The van der Waals surface area contributed by atoms with Crippen LogP contribution in [0.3, 0.4) is 0 Å². The highest BCUT2D eigenvalue weighted by Crippen LogP contribution is 2.25. The van der Waals surface area contributed by atoms with Gasteiger partial charge in [-0.25, -0.2) is 4.98 Å². The standard InChI is InChI=1S/C12H18ClN3O3/c1-3-9(4-8(2)7-17)15-12-11(13)5-10(6-14-12)16(18)19/h5-6,8-9,17H,3-4,7H2,1-2H3,(H,14,15). The maximum absolute atomic E-state index is 10.6. The van der Waals surface area contributed by atoms with Gasteiger partial charge in [0.2, 0.25) is 0 Å². The Bertz CT molecular complexity index is 442. The zero-order valence-electron chi connectivity index (χ0n) is 11.0. The number of hydrogen-bond donors (Lipinski definition) is 2. The summed E-state index contributed by atoms with van der Waals surface area (Å²) in [5, 5.41) is 23.0. The number of nitro groups is 1.